The third-order valence-electron chi connectivity index (χ3n) is 3.10. The molecule has 0 aromatic heterocycles. The number of ether oxygens (including phenoxy) is 1. The van der Waals surface area contributed by atoms with Gasteiger partial charge in [0.15, 0.2) is 0 Å². The zero-order chi connectivity index (χ0) is 14.9. The highest BCUT2D eigenvalue weighted by atomic mass is 16.5. The molecule has 112 valence electrons. The number of hydrogen-bond donors (Lipinski definition) is 2. The molecule has 0 atom stereocenters. The van der Waals surface area contributed by atoms with Crippen molar-refractivity contribution < 1.29 is 14.3 Å². The quantitative estimate of drug-likeness (QED) is 0.568. The summed E-state index contributed by atoms with van der Waals surface area (Å²) in [5.41, 5.74) is 0.939. The largest absolute Gasteiger partial charge is 0.445 e. The van der Waals surface area contributed by atoms with Crippen molar-refractivity contribution in [2.24, 2.45) is 5.92 Å². The molecule has 0 radical (unpaired) electrons. The molecule has 0 unspecified atom stereocenters. The second-order valence-electron chi connectivity index (χ2n) is 4.93. The Labute approximate surface area is 124 Å². The molecule has 1 aromatic carbocycles. The van der Waals surface area contributed by atoms with Gasteiger partial charge >= 0.3 is 6.09 Å². The Morgan fingerprint density at radius 3 is 2.48 bits per heavy atom. The molecule has 1 aliphatic carbocycles. The zero-order valence-electron chi connectivity index (χ0n) is 11.9. The number of amides is 2. The molecular formula is C16H20N2O3. The van der Waals surface area contributed by atoms with Crippen LogP contribution < -0.4 is 10.6 Å². The predicted octanol–water partition coefficient (Wildman–Crippen LogP) is 2.00. The molecule has 21 heavy (non-hydrogen) atoms. The van der Waals surface area contributed by atoms with Gasteiger partial charge < -0.3 is 15.4 Å². The fraction of sp³-hybridized carbons (Fsp3) is 0.375. The summed E-state index contributed by atoms with van der Waals surface area (Å²) in [7, 11) is 0. The van der Waals surface area contributed by atoms with Crippen molar-refractivity contribution >= 4 is 12.0 Å². The fourth-order valence-electron chi connectivity index (χ4n) is 1.80. The SMILES string of the molecule is O=C(CCC1C=C1)NCCNC(=O)OCc1ccccc1. The molecule has 5 nitrogen and oxygen atoms in total. The molecule has 0 saturated carbocycles. The van der Waals surface area contributed by atoms with E-state index in [2.05, 4.69) is 22.8 Å². The van der Waals surface area contributed by atoms with E-state index >= 15 is 0 Å². The van der Waals surface area contributed by atoms with Crippen molar-refractivity contribution in [3.05, 3.63) is 48.0 Å². The third-order valence-corrected chi connectivity index (χ3v) is 3.10. The Kier molecular flexibility index (Phi) is 5.82. The van der Waals surface area contributed by atoms with E-state index in [-0.39, 0.29) is 12.5 Å². The Bertz CT molecular complexity index is 494. The van der Waals surface area contributed by atoms with Crippen LogP contribution >= 0.6 is 0 Å². The van der Waals surface area contributed by atoms with Gasteiger partial charge in [0.1, 0.15) is 6.61 Å². The van der Waals surface area contributed by atoms with Crippen molar-refractivity contribution in [3.8, 4) is 0 Å². The first-order valence-electron chi connectivity index (χ1n) is 7.13. The second kappa shape index (κ2) is 8.09. The van der Waals surface area contributed by atoms with Crippen LogP contribution in [0.15, 0.2) is 42.5 Å². The first-order valence-corrected chi connectivity index (χ1v) is 7.13. The van der Waals surface area contributed by atoms with E-state index in [9.17, 15) is 9.59 Å². The Balaban J connectivity index is 1.47. The minimum atomic E-state index is -0.477. The smallest absolute Gasteiger partial charge is 0.407 e. The van der Waals surface area contributed by atoms with Gasteiger partial charge in [0.05, 0.1) is 0 Å². The predicted molar refractivity (Wildman–Crippen MR) is 79.5 cm³/mol. The number of nitrogens with one attached hydrogen (secondary N) is 2. The van der Waals surface area contributed by atoms with Gasteiger partial charge in [-0.15, -0.1) is 0 Å². The molecule has 0 bridgehead atoms. The van der Waals surface area contributed by atoms with Gasteiger partial charge in [-0.3, -0.25) is 4.79 Å². The van der Waals surface area contributed by atoms with Crippen LogP contribution in [0.4, 0.5) is 4.79 Å². The van der Waals surface area contributed by atoms with Crippen LogP contribution in [0, 0.1) is 5.92 Å². The molecule has 5 heteroatoms. The van der Waals surface area contributed by atoms with E-state index in [1.165, 1.54) is 0 Å². The van der Waals surface area contributed by atoms with Crippen molar-refractivity contribution in [2.75, 3.05) is 13.1 Å². The number of benzene rings is 1. The molecule has 1 aromatic rings. The number of carbonyl (C=O) groups is 2. The summed E-state index contributed by atoms with van der Waals surface area (Å²) in [6.45, 7) is 1.02. The van der Waals surface area contributed by atoms with Crippen LogP contribution in [0.25, 0.3) is 0 Å². The van der Waals surface area contributed by atoms with Gasteiger partial charge in [0, 0.05) is 19.5 Å². The maximum absolute atomic E-state index is 11.4. The average Bonchev–Trinajstić information content (AvgIpc) is 3.33. The van der Waals surface area contributed by atoms with E-state index in [0.29, 0.717) is 25.4 Å². The molecular weight excluding hydrogens is 268 g/mol. The lowest BCUT2D eigenvalue weighted by molar-refractivity contribution is -0.121. The summed E-state index contributed by atoms with van der Waals surface area (Å²) in [5, 5.41) is 5.36. The maximum Gasteiger partial charge on any atom is 0.407 e. The number of hydrogen-bond acceptors (Lipinski definition) is 3. The lowest BCUT2D eigenvalue weighted by Gasteiger charge is -2.08. The maximum atomic E-state index is 11.4. The molecule has 2 amide bonds. The highest BCUT2D eigenvalue weighted by molar-refractivity contribution is 5.76. The van der Waals surface area contributed by atoms with Crippen molar-refractivity contribution in [2.45, 2.75) is 19.4 Å². The van der Waals surface area contributed by atoms with Gasteiger partial charge in [-0.05, 0) is 17.9 Å². The van der Waals surface area contributed by atoms with Crippen molar-refractivity contribution in [1.29, 1.82) is 0 Å². The summed E-state index contributed by atoms with van der Waals surface area (Å²) in [5.74, 6) is 0.532. The molecule has 1 aliphatic rings. The highest BCUT2D eigenvalue weighted by Crippen LogP contribution is 2.21. The minimum absolute atomic E-state index is 0.0168. The van der Waals surface area contributed by atoms with Crippen LogP contribution in [0.2, 0.25) is 0 Å². The first-order chi connectivity index (χ1) is 10.2. The van der Waals surface area contributed by atoms with Gasteiger partial charge in [-0.1, -0.05) is 42.5 Å². The molecule has 2 rings (SSSR count). The average molecular weight is 288 g/mol. The molecule has 0 heterocycles. The monoisotopic (exact) mass is 288 g/mol. The molecule has 0 aliphatic heterocycles. The van der Waals surface area contributed by atoms with E-state index in [0.717, 1.165) is 12.0 Å². The number of allylic oxidation sites excluding steroid dienone is 2. The molecule has 2 N–H and O–H groups in total. The van der Waals surface area contributed by atoms with Crippen LogP contribution in [0.1, 0.15) is 18.4 Å². The van der Waals surface area contributed by atoms with E-state index in [4.69, 9.17) is 4.74 Å². The lowest BCUT2D eigenvalue weighted by atomic mass is 10.2. The first kappa shape index (κ1) is 15.1. The Hall–Kier alpha value is -2.30. The van der Waals surface area contributed by atoms with Crippen LogP contribution in [0.5, 0.6) is 0 Å². The third kappa shape index (κ3) is 6.61. The van der Waals surface area contributed by atoms with E-state index in [1.807, 2.05) is 30.3 Å². The lowest BCUT2D eigenvalue weighted by Crippen LogP contribution is -2.34. The van der Waals surface area contributed by atoms with Crippen LogP contribution in [-0.2, 0) is 16.1 Å². The van der Waals surface area contributed by atoms with Crippen molar-refractivity contribution in [3.63, 3.8) is 0 Å². The summed E-state index contributed by atoms with van der Waals surface area (Å²) in [6.07, 6.45) is 5.08. The van der Waals surface area contributed by atoms with Gasteiger partial charge in [0.2, 0.25) is 5.91 Å². The van der Waals surface area contributed by atoms with Gasteiger partial charge in [-0.2, -0.15) is 0 Å². The number of alkyl carbamates (subject to hydrolysis) is 1. The molecule has 0 spiro atoms. The summed E-state index contributed by atoms with van der Waals surface area (Å²) in [4.78, 5) is 22.9. The van der Waals surface area contributed by atoms with E-state index < -0.39 is 6.09 Å². The normalized spacial score (nSPS) is 12.8. The van der Waals surface area contributed by atoms with Crippen LogP contribution in [-0.4, -0.2) is 25.1 Å². The topological polar surface area (TPSA) is 67.4 Å². The highest BCUT2D eigenvalue weighted by Gasteiger charge is 2.12. The van der Waals surface area contributed by atoms with Gasteiger partial charge in [0.25, 0.3) is 0 Å². The Morgan fingerprint density at radius 2 is 1.76 bits per heavy atom. The number of rotatable bonds is 8. The minimum Gasteiger partial charge on any atom is -0.445 e. The fourth-order valence-corrected chi connectivity index (χ4v) is 1.80. The molecule has 0 saturated heterocycles. The standard InChI is InChI=1S/C16H20N2O3/c19-15(9-8-13-6-7-13)17-10-11-18-16(20)21-12-14-4-2-1-3-5-14/h1-7,13H,8-12H2,(H,17,19)(H,18,20). The van der Waals surface area contributed by atoms with Crippen molar-refractivity contribution in [1.82, 2.24) is 10.6 Å². The van der Waals surface area contributed by atoms with E-state index in [1.54, 1.807) is 0 Å². The van der Waals surface area contributed by atoms with Gasteiger partial charge in [-0.25, -0.2) is 4.79 Å². The van der Waals surface area contributed by atoms with Crippen LogP contribution in [0.3, 0.4) is 0 Å². The summed E-state index contributed by atoms with van der Waals surface area (Å²) >= 11 is 0. The number of carbonyl (C=O) groups excluding carboxylic acids is 2. The Morgan fingerprint density at radius 1 is 1.05 bits per heavy atom. The summed E-state index contributed by atoms with van der Waals surface area (Å²) < 4.78 is 5.05. The zero-order valence-corrected chi connectivity index (χ0v) is 11.9. The second-order valence-corrected chi connectivity index (χ2v) is 4.93. The summed E-state index contributed by atoms with van der Waals surface area (Å²) in [6, 6.07) is 9.47. The molecule has 0 fully saturated rings.